The number of rotatable bonds is 5. The Labute approximate surface area is 112 Å². The van der Waals surface area contributed by atoms with Crippen molar-refractivity contribution in [1.29, 1.82) is 0 Å². The maximum Gasteiger partial charge on any atom is 0.103 e. The molecule has 5 heteroatoms. The van der Waals surface area contributed by atoms with Crippen molar-refractivity contribution < 1.29 is 0 Å². The molecular weight excluding hydrogens is 244 g/mol. The molecule has 0 saturated heterocycles. The van der Waals surface area contributed by atoms with Gasteiger partial charge in [0.25, 0.3) is 0 Å². The molecule has 0 aliphatic heterocycles. The number of anilines is 1. The van der Waals surface area contributed by atoms with Crippen LogP contribution in [0.4, 0.5) is 5.69 Å². The van der Waals surface area contributed by atoms with E-state index in [1.807, 2.05) is 48.3 Å². The largest absolute Gasteiger partial charge is 0.389 e. The molecule has 0 spiro atoms. The van der Waals surface area contributed by atoms with Gasteiger partial charge in [0, 0.05) is 24.0 Å². The van der Waals surface area contributed by atoms with Crippen LogP contribution in [-0.4, -0.2) is 21.3 Å². The minimum Gasteiger partial charge on any atom is -0.389 e. The Bertz CT molecular complexity index is 530. The predicted molar refractivity (Wildman–Crippen MR) is 77.8 cm³/mol. The van der Waals surface area contributed by atoms with Crippen molar-refractivity contribution in [3.8, 4) is 0 Å². The van der Waals surface area contributed by atoms with E-state index in [-0.39, 0.29) is 0 Å². The number of benzene rings is 1. The third kappa shape index (κ3) is 3.30. The first-order valence-electron chi connectivity index (χ1n) is 5.78. The number of aryl methyl sites for hydroxylation is 1. The average molecular weight is 260 g/mol. The number of hydrogen-bond donors (Lipinski definition) is 2. The topological polar surface area (TPSA) is 55.9 Å². The molecule has 0 amide bonds. The molecule has 1 aromatic heterocycles. The molecule has 0 aliphatic rings. The number of nitrogens with two attached hydrogens (primary N) is 1. The lowest BCUT2D eigenvalue weighted by atomic mass is 10.2. The normalized spacial score (nSPS) is 10.3. The maximum atomic E-state index is 5.54. The van der Waals surface area contributed by atoms with Gasteiger partial charge in [-0.25, -0.2) is 0 Å². The number of nitrogens with one attached hydrogen (secondary N) is 1. The molecule has 2 aromatic rings. The minimum atomic E-state index is 0.425. The standard InChI is InChI=1S/C13H16N4S/c1-10-8-16-17(9-10)7-6-15-12-4-2-11(3-5-12)13(14)18/h2-5,8-9,15H,6-7H2,1H3,(H2,14,18). The Morgan fingerprint density at radius 3 is 2.67 bits per heavy atom. The van der Waals surface area contributed by atoms with Crippen LogP contribution in [0.15, 0.2) is 36.7 Å². The van der Waals surface area contributed by atoms with Gasteiger partial charge >= 0.3 is 0 Å². The van der Waals surface area contributed by atoms with Crippen molar-refractivity contribution in [1.82, 2.24) is 9.78 Å². The highest BCUT2D eigenvalue weighted by molar-refractivity contribution is 7.80. The number of hydrogen-bond acceptors (Lipinski definition) is 3. The van der Waals surface area contributed by atoms with Crippen LogP contribution in [0.2, 0.25) is 0 Å². The first-order valence-corrected chi connectivity index (χ1v) is 6.19. The van der Waals surface area contributed by atoms with Gasteiger partial charge in [0.1, 0.15) is 4.99 Å². The first kappa shape index (κ1) is 12.6. The summed E-state index contributed by atoms with van der Waals surface area (Å²) >= 11 is 4.90. The second-order valence-electron chi connectivity index (χ2n) is 4.15. The number of thiocarbonyl (C=S) groups is 1. The summed E-state index contributed by atoms with van der Waals surface area (Å²) in [4.78, 5) is 0.425. The van der Waals surface area contributed by atoms with Crippen LogP contribution in [0.5, 0.6) is 0 Å². The van der Waals surface area contributed by atoms with E-state index in [4.69, 9.17) is 18.0 Å². The van der Waals surface area contributed by atoms with Gasteiger partial charge in [-0.1, -0.05) is 12.2 Å². The Hall–Kier alpha value is -1.88. The SMILES string of the molecule is Cc1cnn(CCNc2ccc(C(N)=S)cc2)c1. The monoisotopic (exact) mass is 260 g/mol. The van der Waals surface area contributed by atoms with Gasteiger partial charge in [0.05, 0.1) is 12.7 Å². The van der Waals surface area contributed by atoms with Crippen molar-refractivity contribution in [2.45, 2.75) is 13.5 Å². The highest BCUT2D eigenvalue weighted by Gasteiger charge is 1.97. The summed E-state index contributed by atoms with van der Waals surface area (Å²) in [6, 6.07) is 7.79. The number of aromatic nitrogens is 2. The van der Waals surface area contributed by atoms with Crippen molar-refractivity contribution in [2.75, 3.05) is 11.9 Å². The van der Waals surface area contributed by atoms with Gasteiger partial charge in [-0.15, -0.1) is 0 Å². The lowest BCUT2D eigenvalue weighted by Crippen LogP contribution is -2.12. The Balaban J connectivity index is 1.85. The quantitative estimate of drug-likeness (QED) is 0.807. The van der Waals surface area contributed by atoms with Crippen LogP contribution >= 0.6 is 12.2 Å². The summed E-state index contributed by atoms with van der Waals surface area (Å²) in [5, 5.41) is 7.55. The molecule has 0 unspecified atom stereocenters. The third-order valence-electron chi connectivity index (χ3n) is 2.60. The van der Waals surface area contributed by atoms with Gasteiger partial charge in [0.2, 0.25) is 0 Å². The third-order valence-corrected chi connectivity index (χ3v) is 2.84. The van der Waals surface area contributed by atoms with Crippen molar-refractivity contribution in [2.24, 2.45) is 5.73 Å². The second kappa shape index (κ2) is 5.64. The smallest absolute Gasteiger partial charge is 0.103 e. The van der Waals surface area contributed by atoms with E-state index < -0.39 is 0 Å². The molecule has 94 valence electrons. The number of nitrogens with zero attached hydrogens (tertiary/aromatic N) is 2. The predicted octanol–water partition coefficient (Wildman–Crippen LogP) is 1.94. The summed E-state index contributed by atoms with van der Waals surface area (Å²) in [6.45, 7) is 3.70. The summed E-state index contributed by atoms with van der Waals surface area (Å²) in [7, 11) is 0. The molecule has 0 fully saturated rings. The van der Waals surface area contributed by atoms with Gasteiger partial charge in [-0.3, -0.25) is 4.68 Å². The summed E-state index contributed by atoms with van der Waals surface area (Å²) in [5.41, 5.74) is 8.66. The fourth-order valence-electron chi connectivity index (χ4n) is 1.66. The molecule has 0 aliphatic carbocycles. The van der Waals surface area contributed by atoms with Gasteiger partial charge < -0.3 is 11.1 Å². The van der Waals surface area contributed by atoms with Crippen molar-refractivity contribution in [3.63, 3.8) is 0 Å². The second-order valence-corrected chi connectivity index (χ2v) is 4.59. The van der Waals surface area contributed by atoms with Crippen LogP contribution in [0.25, 0.3) is 0 Å². The van der Waals surface area contributed by atoms with Crippen molar-refractivity contribution >= 4 is 22.9 Å². The fourth-order valence-corrected chi connectivity index (χ4v) is 1.79. The van der Waals surface area contributed by atoms with Crippen LogP contribution in [0.3, 0.4) is 0 Å². The molecule has 1 aromatic carbocycles. The molecule has 0 saturated carbocycles. The van der Waals surface area contributed by atoms with Gasteiger partial charge in [-0.05, 0) is 36.8 Å². The van der Waals surface area contributed by atoms with Gasteiger partial charge in [-0.2, -0.15) is 5.10 Å². The molecule has 0 atom stereocenters. The molecular formula is C13H16N4S. The van der Waals surface area contributed by atoms with E-state index in [1.54, 1.807) is 0 Å². The van der Waals surface area contributed by atoms with Crippen molar-refractivity contribution in [3.05, 3.63) is 47.8 Å². The minimum absolute atomic E-state index is 0.425. The lowest BCUT2D eigenvalue weighted by molar-refractivity contribution is 0.637. The summed E-state index contributed by atoms with van der Waals surface area (Å²) in [5.74, 6) is 0. The Morgan fingerprint density at radius 2 is 2.11 bits per heavy atom. The maximum absolute atomic E-state index is 5.54. The van der Waals surface area contributed by atoms with E-state index in [9.17, 15) is 0 Å². The zero-order chi connectivity index (χ0) is 13.0. The Morgan fingerprint density at radius 1 is 1.39 bits per heavy atom. The van der Waals surface area contributed by atoms with Crippen LogP contribution in [-0.2, 0) is 6.54 Å². The highest BCUT2D eigenvalue weighted by atomic mass is 32.1. The zero-order valence-corrected chi connectivity index (χ0v) is 11.1. The van der Waals surface area contributed by atoms with E-state index in [1.165, 1.54) is 5.56 Å². The van der Waals surface area contributed by atoms with Crippen LogP contribution in [0, 0.1) is 6.92 Å². The van der Waals surface area contributed by atoms with Crippen LogP contribution < -0.4 is 11.1 Å². The molecule has 18 heavy (non-hydrogen) atoms. The zero-order valence-electron chi connectivity index (χ0n) is 10.3. The summed E-state index contributed by atoms with van der Waals surface area (Å²) in [6.07, 6.45) is 3.88. The molecule has 0 bridgehead atoms. The molecule has 1 heterocycles. The summed E-state index contributed by atoms with van der Waals surface area (Å²) < 4.78 is 1.92. The fraction of sp³-hybridized carbons (Fsp3) is 0.231. The van der Waals surface area contributed by atoms with E-state index >= 15 is 0 Å². The van der Waals surface area contributed by atoms with E-state index in [0.29, 0.717) is 4.99 Å². The first-order chi connectivity index (χ1) is 8.65. The van der Waals surface area contributed by atoms with E-state index in [0.717, 1.165) is 24.3 Å². The molecule has 3 N–H and O–H groups in total. The Kier molecular flexibility index (Phi) is 3.94. The molecule has 4 nitrogen and oxygen atoms in total. The molecule has 2 rings (SSSR count). The van der Waals surface area contributed by atoms with Gasteiger partial charge in [0.15, 0.2) is 0 Å². The average Bonchev–Trinajstić information content (AvgIpc) is 2.76. The lowest BCUT2D eigenvalue weighted by Gasteiger charge is -2.07. The van der Waals surface area contributed by atoms with Crippen LogP contribution in [0.1, 0.15) is 11.1 Å². The highest BCUT2D eigenvalue weighted by Crippen LogP contribution is 2.09. The van der Waals surface area contributed by atoms with E-state index in [2.05, 4.69) is 10.4 Å². The molecule has 0 radical (unpaired) electrons.